The van der Waals surface area contributed by atoms with Crippen molar-refractivity contribution < 1.29 is 28.2 Å². The van der Waals surface area contributed by atoms with Crippen LogP contribution in [0.1, 0.15) is 69.9 Å². The van der Waals surface area contributed by atoms with Gasteiger partial charge < -0.3 is 15.1 Å². The first kappa shape index (κ1) is 30.6. The third kappa shape index (κ3) is 8.05. The predicted octanol–water partition coefficient (Wildman–Crippen LogP) is 5.65. The zero-order valence-electron chi connectivity index (χ0n) is 23.4. The average Bonchev–Trinajstić information content (AvgIpc) is 2.97. The van der Waals surface area contributed by atoms with Crippen molar-refractivity contribution in [3.8, 4) is 0 Å². The van der Waals surface area contributed by atoms with Crippen LogP contribution in [0.15, 0.2) is 47.4 Å². The minimum atomic E-state index is -3.68. The summed E-state index contributed by atoms with van der Waals surface area (Å²) in [6.45, 7) is 6.63. The number of aryl methyl sites for hydroxylation is 1. The quantitative estimate of drug-likeness (QED) is 0.306. The number of carbonyl (C=O) groups is 2. The van der Waals surface area contributed by atoms with Crippen LogP contribution < -0.4 is 4.90 Å². The Hall–Kier alpha value is -2.91. The van der Waals surface area contributed by atoms with Gasteiger partial charge in [-0.3, -0.25) is 14.5 Å². The molecule has 2 aromatic carbocycles. The monoisotopic (exact) mass is 558 g/mol. The Morgan fingerprint density at radius 1 is 1.00 bits per heavy atom. The number of hydrogen-bond acceptors (Lipinski definition) is 6. The van der Waals surface area contributed by atoms with Gasteiger partial charge >= 0.3 is 11.9 Å². The average molecular weight is 559 g/mol. The molecule has 2 aromatic rings. The van der Waals surface area contributed by atoms with Gasteiger partial charge in [0.2, 0.25) is 0 Å². The number of aliphatic carboxylic acids is 2. The summed E-state index contributed by atoms with van der Waals surface area (Å²) >= 11 is 0. The van der Waals surface area contributed by atoms with Gasteiger partial charge in [0.1, 0.15) is 0 Å². The first-order valence-corrected chi connectivity index (χ1v) is 15.5. The number of carboxylic acids is 2. The molecule has 0 atom stereocenters. The Labute approximate surface area is 232 Å². The smallest absolute Gasteiger partial charge is 0.317 e. The molecular weight excluding hydrogens is 516 g/mol. The fourth-order valence-electron chi connectivity index (χ4n) is 5.56. The molecule has 39 heavy (non-hydrogen) atoms. The van der Waals surface area contributed by atoms with E-state index in [4.69, 9.17) is 5.11 Å². The second kappa shape index (κ2) is 13.4. The largest absolute Gasteiger partial charge is 0.481 e. The third-order valence-corrected chi connectivity index (χ3v) is 9.61. The van der Waals surface area contributed by atoms with E-state index in [-0.39, 0.29) is 36.7 Å². The van der Waals surface area contributed by atoms with Crippen molar-refractivity contribution >= 4 is 33.2 Å². The van der Waals surface area contributed by atoms with E-state index < -0.39 is 27.2 Å². The van der Waals surface area contributed by atoms with Crippen LogP contribution in [0.25, 0.3) is 0 Å². The lowest BCUT2D eigenvalue weighted by Crippen LogP contribution is -2.38. The van der Waals surface area contributed by atoms with E-state index >= 15 is 0 Å². The maximum atomic E-state index is 14.1. The van der Waals surface area contributed by atoms with E-state index in [1.165, 1.54) is 4.90 Å². The summed E-state index contributed by atoms with van der Waals surface area (Å²) in [6.07, 6.45) is 5.35. The molecule has 0 saturated carbocycles. The maximum absolute atomic E-state index is 14.1. The highest BCUT2D eigenvalue weighted by Crippen LogP contribution is 2.45. The Balaban J connectivity index is 2.15. The minimum Gasteiger partial charge on any atom is -0.481 e. The number of fused-ring (bicyclic) bond motifs is 1. The first-order chi connectivity index (χ1) is 18.5. The number of nitrogens with zero attached hydrogens (tertiary/aromatic N) is 2. The molecule has 3 rings (SSSR count). The summed E-state index contributed by atoms with van der Waals surface area (Å²) in [5, 5.41) is 18.5. The van der Waals surface area contributed by atoms with Crippen molar-refractivity contribution in [1.82, 2.24) is 4.90 Å². The lowest BCUT2D eigenvalue weighted by Gasteiger charge is -2.37. The van der Waals surface area contributed by atoms with Crippen LogP contribution in [0.2, 0.25) is 0 Å². The van der Waals surface area contributed by atoms with E-state index in [2.05, 4.69) is 18.7 Å². The topological polar surface area (TPSA) is 115 Å². The lowest BCUT2D eigenvalue weighted by molar-refractivity contribution is -0.141. The molecule has 2 N–H and O–H groups in total. The molecule has 0 aromatic heterocycles. The van der Waals surface area contributed by atoms with Crippen molar-refractivity contribution in [3.63, 3.8) is 0 Å². The van der Waals surface area contributed by atoms with Gasteiger partial charge in [-0.2, -0.15) is 0 Å². The Morgan fingerprint density at radius 3 is 2.21 bits per heavy atom. The Kier molecular flexibility index (Phi) is 10.6. The molecule has 0 unspecified atom stereocenters. The molecule has 0 fully saturated rings. The molecular formula is C30H42N2O6S. The van der Waals surface area contributed by atoms with E-state index in [1.54, 1.807) is 6.07 Å². The van der Waals surface area contributed by atoms with Gasteiger partial charge in [-0.1, -0.05) is 57.7 Å². The number of anilines is 2. The summed E-state index contributed by atoms with van der Waals surface area (Å²) < 4.78 is 28.3. The Bertz CT molecular complexity index is 1240. The van der Waals surface area contributed by atoms with Crippen LogP contribution in [0.4, 0.5) is 11.4 Å². The standard InChI is InChI=1S/C30H42N2O6S/c1-4-6-14-30(15-7-5-2)21-32(25-11-9-8-10-12-25)26-17-23(3)24(18-27(26)39(37,38)22-30)19-31(20-29(35)36)16-13-28(33)34/h8-12,17-18H,4-7,13-16,19-22H2,1-3H3,(H,33,34)(H,35,36). The number of benzene rings is 2. The summed E-state index contributed by atoms with van der Waals surface area (Å²) in [5.74, 6) is -2.01. The van der Waals surface area contributed by atoms with E-state index in [9.17, 15) is 23.1 Å². The fourth-order valence-corrected chi connectivity index (χ4v) is 7.71. The van der Waals surface area contributed by atoms with Gasteiger partial charge in [0.15, 0.2) is 9.84 Å². The van der Waals surface area contributed by atoms with Crippen LogP contribution in [-0.4, -0.2) is 60.9 Å². The molecule has 0 aliphatic carbocycles. The van der Waals surface area contributed by atoms with Gasteiger partial charge in [-0.05, 0) is 55.2 Å². The number of para-hydroxylation sites is 1. The second-order valence-electron chi connectivity index (χ2n) is 10.9. The molecule has 0 spiro atoms. The summed E-state index contributed by atoms with van der Waals surface area (Å²) in [5.41, 5.74) is 2.71. The molecule has 0 bridgehead atoms. The van der Waals surface area contributed by atoms with E-state index in [0.717, 1.165) is 49.8 Å². The minimum absolute atomic E-state index is 0.0538. The first-order valence-electron chi connectivity index (χ1n) is 13.8. The van der Waals surface area contributed by atoms with Crippen molar-refractivity contribution in [3.05, 3.63) is 53.6 Å². The van der Waals surface area contributed by atoms with Crippen molar-refractivity contribution in [1.29, 1.82) is 0 Å². The molecule has 1 aliphatic heterocycles. The summed E-state index contributed by atoms with van der Waals surface area (Å²) in [4.78, 5) is 26.6. The molecule has 0 amide bonds. The van der Waals surface area contributed by atoms with E-state index in [1.807, 2.05) is 43.3 Å². The third-order valence-electron chi connectivity index (χ3n) is 7.62. The fraction of sp³-hybridized carbons (Fsp3) is 0.533. The molecule has 1 heterocycles. The predicted molar refractivity (Wildman–Crippen MR) is 153 cm³/mol. The number of hydrogen-bond donors (Lipinski definition) is 2. The normalized spacial score (nSPS) is 16.1. The number of carboxylic acid groups (broad SMARTS) is 2. The second-order valence-corrected chi connectivity index (χ2v) is 12.8. The summed E-state index contributed by atoms with van der Waals surface area (Å²) in [7, 11) is -3.68. The zero-order chi connectivity index (χ0) is 28.6. The van der Waals surface area contributed by atoms with Gasteiger partial charge in [0.05, 0.1) is 29.3 Å². The Morgan fingerprint density at radius 2 is 1.64 bits per heavy atom. The highest BCUT2D eigenvalue weighted by Gasteiger charge is 2.42. The van der Waals surface area contributed by atoms with Crippen LogP contribution >= 0.6 is 0 Å². The van der Waals surface area contributed by atoms with E-state index in [0.29, 0.717) is 17.8 Å². The number of rotatable bonds is 14. The lowest BCUT2D eigenvalue weighted by atomic mass is 9.79. The highest BCUT2D eigenvalue weighted by atomic mass is 32.2. The zero-order valence-corrected chi connectivity index (χ0v) is 24.2. The highest BCUT2D eigenvalue weighted by molar-refractivity contribution is 7.91. The van der Waals surface area contributed by atoms with Crippen molar-refractivity contribution in [2.45, 2.75) is 77.2 Å². The van der Waals surface area contributed by atoms with Crippen LogP contribution in [0, 0.1) is 12.3 Å². The maximum Gasteiger partial charge on any atom is 0.317 e. The van der Waals surface area contributed by atoms with Gasteiger partial charge in [-0.15, -0.1) is 0 Å². The SMILES string of the molecule is CCCCC1(CCCC)CN(c2ccccc2)c2cc(C)c(CN(CCC(=O)O)CC(=O)O)cc2S(=O)(=O)C1. The number of unbranched alkanes of at least 4 members (excludes halogenated alkanes) is 2. The van der Waals surface area contributed by atoms with Crippen LogP contribution in [-0.2, 0) is 26.0 Å². The van der Waals surface area contributed by atoms with Crippen LogP contribution in [0.5, 0.6) is 0 Å². The summed E-state index contributed by atoms with van der Waals surface area (Å²) in [6, 6.07) is 13.5. The molecule has 0 radical (unpaired) electrons. The van der Waals surface area contributed by atoms with Gasteiger partial charge in [0, 0.05) is 30.7 Å². The van der Waals surface area contributed by atoms with Crippen molar-refractivity contribution in [2.75, 3.05) is 30.3 Å². The molecule has 9 heteroatoms. The molecule has 214 valence electrons. The molecule has 0 saturated heterocycles. The molecule has 1 aliphatic rings. The van der Waals surface area contributed by atoms with Gasteiger partial charge in [0.25, 0.3) is 0 Å². The van der Waals surface area contributed by atoms with Crippen molar-refractivity contribution in [2.24, 2.45) is 5.41 Å². The number of sulfone groups is 1. The molecule has 8 nitrogen and oxygen atoms in total. The van der Waals surface area contributed by atoms with Crippen LogP contribution in [0.3, 0.4) is 0 Å². The van der Waals surface area contributed by atoms with Gasteiger partial charge in [-0.25, -0.2) is 8.42 Å².